The molecule has 0 aliphatic carbocycles. The average Bonchev–Trinajstić information content (AvgIpc) is 3.00. The zero-order chi connectivity index (χ0) is 14.7. The highest BCUT2D eigenvalue weighted by Gasteiger charge is 2.17. The smallest absolute Gasteiger partial charge is 0.251 e. The summed E-state index contributed by atoms with van der Waals surface area (Å²) in [7, 11) is 0. The SMILES string of the molecule is O=C(N[C@@H](CO)c1ccccc1)c1ccc2c(c1)CNC2. The first kappa shape index (κ1) is 13.8. The largest absolute Gasteiger partial charge is 0.394 e. The van der Waals surface area contributed by atoms with Crippen LogP contribution in [0.15, 0.2) is 48.5 Å². The number of benzene rings is 2. The van der Waals surface area contributed by atoms with Crippen molar-refractivity contribution < 1.29 is 9.90 Å². The minimum absolute atomic E-state index is 0.123. The molecule has 0 bridgehead atoms. The lowest BCUT2D eigenvalue weighted by Gasteiger charge is -2.17. The molecule has 2 aromatic carbocycles. The lowest BCUT2D eigenvalue weighted by molar-refractivity contribution is 0.0916. The minimum atomic E-state index is -0.384. The third-order valence-corrected chi connectivity index (χ3v) is 3.79. The Kier molecular flexibility index (Phi) is 3.99. The van der Waals surface area contributed by atoms with Crippen LogP contribution in [-0.4, -0.2) is 17.6 Å². The maximum absolute atomic E-state index is 12.3. The van der Waals surface area contributed by atoms with Crippen molar-refractivity contribution >= 4 is 5.91 Å². The predicted octanol–water partition coefficient (Wildman–Crippen LogP) is 1.75. The molecular formula is C17H18N2O2. The van der Waals surface area contributed by atoms with Gasteiger partial charge in [-0.2, -0.15) is 0 Å². The van der Waals surface area contributed by atoms with Crippen molar-refractivity contribution in [3.63, 3.8) is 0 Å². The second-order valence-corrected chi connectivity index (χ2v) is 5.21. The van der Waals surface area contributed by atoms with Gasteiger partial charge in [0.2, 0.25) is 0 Å². The Morgan fingerprint density at radius 3 is 2.67 bits per heavy atom. The van der Waals surface area contributed by atoms with E-state index >= 15 is 0 Å². The zero-order valence-corrected chi connectivity index (χ0v) is 11.7. The van der Waals surface area contributed by atoms with Crippen molar-refractivity contribution in [2.45, 2.75) is 19.1 Å². The van der Waals surface area contributed by atoms with Gasteiger partial charge in [-0.25, -0.2) is 0 Å². The van der Waals surface area contributed by atoms with Gasteiger partial charge in [0.25, 0.3) is 5.91 Å². The third-order valence-electron chi connectivity index (χ3n) is 3.79. The molecule has 0 aromatic heterocycles. The normalized spacial score (nSPS) is 14.5. The molecule has 0 saturated heterocycles. The van der Waals surface area contributed by atoms with Gasteiger partial charge in [-0.15, -0.1) is 0 Å². The summed E-state index contributed by atoms with van der Waals surface area (Å²) in [5.41, 5.74) is 3.94. The molecule has 0 unspecified atom stereocenters. The predicted molar refractivity (Wildman–Crippen MR) is 80.7 cm³/mol. The van der Waals surface area contributed by atoms with Gasteiger partial charge in [0, 0.05) is 18.7 Å². The minimum Gasteiger partial charge on any atom is -0.394 e. The molecule has 108 valence electrons. The van der Waals surface area contributed by atoms with Crippen molar-refractivity contribution in [3.8, 4) is 0 Å². The van der Waals surface area contributed by atoms with Crippen LogP contribution in [0, 0.1) is 0 Å². The number of fused-ring (bicyclic) bond motifs is 1. The summed E-state index contributed by atoms with van der Waals surface area (Å²) in [6.07, 6.45) is 0. The van der Waals surface area contributed by atoms with Crippen LogP contribution in [0.4, 0.5) is 0 Å². The van der Waals surface area contributed by atoms with Gasteiger partial charge in [0.1, 0.15) is 0 Å². The number of nitrogens with one attached hydrogen (secondary N) is 2. The van der Waals surface area contributed by atoms with Gasteiger partial charge < -0.3 is 15.7 Å². The van der Waals surface area contributed by atoms with E-state index in [2.05, 4.69) is 10.6 Å². The van der Waals surface area contributed by atoms with Gasteiger partial charge in [0.15, 0.2) is 0 Å². The Bertz CT molecular complexity index is 640. The highest BCUT2D eigenvalue weighted by molar-refractivity contribution is 5.94. The molecule has 0 radical (unpaired) electrons. The summed E-state index contributed by atoms with van der Waals surface area (Å²) in [6, 6.07) is 14.8. The second-order valence-electron chi connectivity index (χ2n) is 5.21. The molecule has 0 spiro atoms. The first-order chi connectivity index (χ1) is 10.3. The fourth-order valence-corrected chi connectivity index (χ4v) is 2.60. The standard InChI is InChI=1S/C17H18N2O2/c20-11-16(12-4-2-1-3-5-12)19-17(21)13-6-7-14-9-18-10-15(14)8-13/h1-8,16,18,20H,9-11H2,(H,19,21)/t16-/m0/s1. The van der Waals surface area contributed by atoms with E-state index in [4.69, 9.17) is 0 Å². The van der Waals surface area contributed by atoms with Crippen LogP contribution in [0.25, 0.3) is 0 Å². The molecular weight excluding hydrogens is 264 g/mol. The van der Waals surface area contributed by atoms with Gasteiger partial charge >= 0.3 is 0 Å². The molecule has 1 amide bonds. The van der Waals surface area contributed by atoms with E-state index in [-0.39, 0.29) is 18.6 Å². The lowest BCUT2D eigenvalue weighted by atomic mass is 10.0. The molecule has 2 aromatic rings. The molecule has 1 aliphatic rings. The molecule has 4 heteroatoms. The van der Waals surface area contributed by atoms with Crippen molar-refractivity contribution in [1.29, 1.82) is 0 Å². The van der Waals surface area contributed by atoms with E-state index in [1.165, 1.54) is 11.1 Å². The first-order valence-corrected chi connectivity index (χ1v) is 7.07. The van der Waals surface area contributed by atoms with Crippen LogP contribution >= 0.6 is 0 Å². The Balaban J connectivity index is 1.76. The number of rotatable bonds is 4. The summed E-state index contributed by atoms with van der Waals surface area (Å²) in [4.78, 5) is 12.3. The number of hydrogen-bond donors (Lipinski definition) is 3. The van der Waals surface area contributed by atoms with E-state index in [0.717, 1.165) is 18.7 Å². The van der Waals surface area contributed by atoms with Gasteiger partial charge in [-0.3, -0.25) is 4.79 Å². The maximum atomic E-state index is 12.3. The van der Waals surface area contributed by atoms with Crippen molar-refractivity contribution in [3.05, 3.63) is 70.8 Å². The Morgan fingerprint density at radius 1 is 1.14 bits per heavy atom. The third kappa shape index (κ3) is 2.96. The fourth-order valence-electron chi connectivity index (χ4n) is 2.60. The van der Waals surface area contributed by atoms with E-state index in [9.17, 15) is 9.90 Å². The summed E-state index contributed by atoms with van der Waals surface area (Å²) in [6.45, 7) is 1.54. The molecule has 1 atom stereocenters. The molecule has 21 heavy (non-hydrogen) atoms. The highest BCUT2D eigenvalue weighted by Crippen LogP contribution is 2.18. The van der Waals surface area contributed by atoms with Gasteiger partial charge in [-0.1, -0.05) is 36.4 Å². The molecule has 1 aliphatic heterocycles. The van der Waals surface area contributed by atoms with Crippen LogP contribution in [-0.2, 0) is 13.1 Å². The second kappa shape index (κ2) is 6.08. The Hall–Kier alpha value is -2.17. The molecule has 0 saturated carbocycles. The van der Waals surface area contributed by atoms with Gasteiger partial charge in [0.05, 0.1) is 12.6 Å². The average molecular weight is 282 g/mol. The maximum Gasteiger partial charge on any atom is 0.251 e. The van der Waals surface area contributed by atoms with Crippen LogP contribution in [0.5, 0.6) is 0 Å². The number of aliphatic hydroxyl groups is 1. The van der Waals surface area contributed by atoms with Crippen molar-refractivity contribution in [1.82, 2.24) is 10.6 Å². The fraction of sp³-hybridized carbons (Fsp3) is 0.235. The molecule has 0 fully saturated rings. The summed E-state index contributed by atoms with van der Waals surface area (Å²) >= 11 is 0. The van der Waals surface area contributed by atoms with Crippen LogP contribution in [0.1, 0.15) is 33.1 Å². The van der Waals surface area contributed by atoms with E-state index in [0.29, 0.717) is 5.56 Å². The molecule has 3 rings (SSSR count). The zero-order valence-electron chi connectivity index (χ0n) is 11.7. The van der Waals surface area contributed by atoms with Gasteiger partial charge in [-0.05, 0) is 28.8 Å². The van der Waals surface area contributed by atoms with E-state index in [1.54, 1.807) is 0 Å². The molecule has 3 N–H and O–H groups in total. The van der Waals surface area contributed by atoms with E-state index < -0.39 is 0 Å². The van der Waals surface area contributed by atoms with Crippen LogP contribution in [0.3, 0.4) is 0 Å². The van der Waals surface area contributed by atoms with Crippen LogP contribution < -0.4 is 10.6 Å². The van der Waals surface area contributed by atoms with E-state index in [1.807, 2.05) is 48.5 Å². The number of hydrogen-bond acceptors (Lipinski definition) is 3. The molecule has 4 nitrogen and oxygen atoms in total. The monoisotopic (exact) mass is 282 g/mol. The summed E-state index contributed by atoms with van der Waals surface area (Å²) in [5.74, 6) is -0.160. The first-order valence-electron chi connectivity index (χ1n) is 7.07. The van der Waals surface area contributed by atoms with Crippen molar-refractivity contribution in [2.24, 2.45) is 0 Å². The number of aliphatic hydroxyl groups excluding tert-OH is 1. The quantitative estimate of drug-likeness (QED) is 0.800. The lowest BCUT2D eigenvalue weighted by Crippen LogP contribution is -2.30. The summed E-state index contributed by atoms with van der Waals surface area (Å²) in [5, 5.41) is 15.6. The van der Waals surface area contributed by atoms with Crippen LogP contribution in [0.2, 0.25) is 0 Å². The van der Waals surface area contributed by atoms with Crippen molar-refractivity contribution in [2.75, 3.05) is 6.61 Å². The number of carbonyl (C=O) groups excluding carboxylic acids is 1. The highest BCUT2D eigenvalue weighted by atomic mass is 16.3. The number of carbonyl (C=O) groups is 1. The summed E-state index contributed by atoms with van der Waals surface area (Å²) < 4.78 is 0. The Morgan fingerprint density at radius 2 is 1.90 bits per heavy atom. The Labute approximate surface area is 123 Å². The molecule has 1 heterocycles. The topological polar surface area (TPSA) is 61.4 Å². The number of amides is 1.